The molecule has 0 bridgehead atoms. The number of hydrogen-bond acceptors (Lipinski definition) is 3. The molecule has 1 aromatic carbocycles. The smallest absolute Gasteiger partial charge is 0.179 e. The molecular formula is C12H9ClN4. The zero-order chi connectivity index (χ0) is 11.8. The van der Waals surface area contributed by atoms with Gasteiger partial charge < -0.3 is 0 Å². The minimum absolute atomic E-state index is 0.327. The van der Waals surface area contributed by atoms with E-state index in [9.17, 15) is 0 Å². The summed E-state index contributed by atoms with van der Waals surface area (Å²) in [7, 11) is 0. The number of benzene rings is 1. The minimum Gasteiger partial charge on any atom is -0.240 e. The van der Waals surface area contributed by atoms with Gasteiger partial charge in [0.05, 0.1) is 11.9 Å². The van der Waals surface area contributed by atoms with E-state index in [-0.39, 0.29) is 0 Å². The lowest BCUT2D eigenvalue weighted by Gasteiger charge is -2.00. The van der Waals surface area contributed by atoms with E-state index in [1.54, 1.807) is 10.9 Å². The van der Waals surface area contributed by atoms with Crippen LogP contribution in [0.2, 0.25) is 5.15 Å². The van der Waals surface area contributed by atoms with Crippen molar-refractivity contribution in [2.45, 2.75) is 6.92 Å². The number of aromatic nitrogens is 4. The van der Waals surface area contributed by atoms with Gasteiger partial charge in [-0.25, -0.2) is 4.68 Å². The standard InChI is InChI=1S/C12H9ClN4/c1-8-2-4-10(5-3-8)17-7-9-6-14-15-12(13)11(9)16-17/h2-7H,1H3. The van der Waals surface area contributed by atoms with Crippen molar-refractivity contribution in [2.24, 2.45) is 0 Å². The summed E-state index contributed by atoms with van der Waals surface area (Å²) in [5.41, 5.74) is 2.87. The third-order valence-electron chi connectivity index (χ3n) is 2.58. The van der Waals surface area contributed by atoms with Crippen LogP contribution in [-0.2, 0) is 0 Å². The van der Waals surface area contributed by atoms with Crippen LogP contribution in [0.25, 0.3) is 16.6 Å². The first-order chi connectivity index (χ1) is 8.24. The fourth-order valence-electron chi connectivity index (χ4n) is 1.66. The molecule has 0 amide bonds. The Morgan fingerprint density at radius 2 is 1.94 bits per heavy atom. The van der Waals surface area contributed by atoms with Crippen LogP contribution >= 0.6 is 11.6 Å². The predicted octanol–water partition coefficient (Wildman–Crippen LogP) is 2.78. The lowest BCUT2D eigenvalue weighted by molar-refractivity contribution is 0.894. The molecule has 0 spiro atoms. The maximum atomic E-state index is 5.93. The van der Waals surface area contributed by atoms with Crippen LogP contribution in [0.4, 0.5) is 0 Å². The van der Waals surface area contributed by atoms with E-state index in [1.165, 1.54) is 5.56 Å². The number of rotatable bonds is 1. The van der Waals surface area contributed by atoms with Crippen molar-refractivity contribution in [3.8, 4) is 5.69 Å². The van der Waals surface area contributed by atoms with E-state index in [1.807, 2.05) is 37.4 Å². The molecule has 0 radical (unpaired) electrons. The Hall–Kier alpha value is -1.94. The Kier molecular flexibility index (Phi) is 2.30. The summed E-state index contributed by atoms with van der Waals surface area (Å²) in [6.45, 7) is 2.05. The van der Waals surface area contributed by atoms with Crippen molar-refractivity contribution in [1.82, 2.24) is 20.0 Å². The lowest BCUT2D eigenvalue weighted by Crippen LogP contribution is -1.93. The molecule has 0 aliphatic rings. The molecule has 0 fully saturated rings. The summed E-state index contributed by atoms with van der Waals surface area (Å²) in [6, 6.07) is 8.10. The maximum Gasteiger partial charge on any atom is 0.179 e. The van der Waals surface area contributed by atoms with Crippen molar-refractivity contribution in [1.29, 1.82) is 0 Å². The second-order valence-electron chi connectivity index (χ2n) is 3.85. The van der Waals surface area contributed by atoms with E-state index in [4.69, 9.17) is 11.6 Å². The number of nitrogens with zero attached hydrogens (tertiary/aromatic N) is 4. The summed E-state index contributed by atoms with van der Waals surface area (Å²) in [6.07, 6.45) is 3.54. The molecule has 0 saturated heterocycles. The number of halogens is 1. The second kappa shape index (κ2) is 3.82. The zero-order valence-corrected chi connectivity index (χ0v) is 9.89. The third-order valence-corrected chi connectivity index (χ3v) is 2.83. The van der Waals surface area contributed by atoms with Gasteiger partial charge in [0.2, 0.25) is 0 Å². The fourth-order valence-corrected chi connectivity index (χ4v) is 1.85. The van der Waals surface area contributed by atoms with Crippen LogP contribution in [0.5, 0.6) is 0 Å². The molecule has 2 heterocycles. The monoisotopic (exact) mass is 244 g/mol. The molecule has 0 unspecified atom stereocenters. The highest BCUT2D eigenvalue weighted by Gasteiger charge is 2.07. The largest absolute Gasteiger partial charge is 0.240 e. The van der Waals surface area contributed by atoms with Crippen molar-refractivity contribution >= 4 is 22.5 Å². The molecule has 5 heteroatoms. The van der Waals surface area contributed by atoms with Crippen molar-refractivity contribution < 1.29 is 0 Å². The van der Waals surface area contributed by atoms with Crippen LogP contribution in [0.15, 0.2) is 36.7 Å². The van der Waals surface area contributed by atoms with Gasteiger partial charge in [0.15, 0.2) is 5.15 Å². The van der Waals surface area contributed by atoms with Crippen LogP contribution in [0.3, 0.4) is 0 Å². The highest BCUT2D eigenvalue weighted by atomic mass is 35.5. The van der Waals surface area contributed by atoms with E-state index < -0.39 is 0 Å². The summed E-state index contributed by atoms with van der Waals surface area (Å²) in [5.74, 6) is 0. The minimum atomic E-state index is 0.327. The molecule has 2 aromatic heterocycles. The Bertz CT molecular complexity index is 673. The van der Waals surface area contributed by atoms with Gasteiger partial charge in [0.25, 0.3) is 0 Å². The topological polar surface area (TPSA) is 43.6 Å². The lowest BCUT2D eigenvalue weighted by atomic mass is 10.2. The summed E-state index contributed by atoms with van der Waals surface area (Å²) in [5, 5.41) is 13.2. The van der Waals surface area contributed by atoms with Gasteiger partial charge in [-0.15, -0.1) is 5.10 Å². The second-order valence-corrected chi connectivity index (χ2v) is 4.21. The molecule has 0 aliphatic heterocycles. The van der Waals surface area contributed by atoms with Crippen molar-refractivity contribution in [3.05, 3.63) is 47.4 Å². The molecule has 0 atom stereocenters. The third kappa shape index (κ3) is 1.76. The summed E-state index contributed by atoms with van der Waals surface area (Å²) in [4.78, 5) is 0. The molecule has 84 valence electrons. The van der Waals surface area contributed by atoms with E-state index in [2.05, 4.69) is 15.3 Å². The van der Waals surface area contributed by atoms with Gasteiger partial charge in [-0.3, -0.25) is 0 Å². The Balaban J connectivity index is 2.18. The first-order valence-corrected chi connectivity index (χ1v) is 5.55. The van der Waals surface area contributed by atoms with Gasteiger partial charge >= 0.3 is 0 Å². The molecule has 4 nitrogen and oxygen atoms in total. The fraction of sp³-hybridized carbons (Fsp3) is 0.0833. The molecule has 3 rings (SSSR count). The average molecular weight is 245 g/mol. The van der Waals surface area contributed by atoms with Crippen LogP contribution < -0.4 is 0 Å². The number of fused-ring (bicyclic) bond motifs is 1. The molecule has 0 aliphatic carbocycles. The SMILES string of the molecule is Cc1ccc(-n2cc3cnnc(Cl)c3n2)cc1. The van der Waals surface area contributed by atoms with E-state index >= 15 is 0 Å². The Morgan fingerprint density at radius 3 is 2.65 bits per heavy atom. The first-order valence-electron chi connectivity index (χ1n) is 5.17. The van der Waals surface area contributed by atoms with Gasteiger partial charge in [0.1, 0.15) is 5.52 Å². The average Bonchev–Trinajstić information content (AvgIpc) is 2.75. The first kappa shape index (κ1) is 10.2. The number of hydrogen-bond donors (Lipinski definition) is 0. The highest BCUT2D eigenvalue weighted by Crippen LogP contribution is 2.19. The van der Waals surface area contributed by atoms with Gasteiger partial charge in [0, 0.05) is 11.6 Å². The normalized spacial score (nSPS) is 10.9. The van der Waals surface area contributed by atoms with Crippen LogP contribution in [0.1, 0.15) is 5.56 Å². The van der Waals surface area contributed by atoms with Crippen LogP contribution in [-0.4, -0.2) is 20.0 Å². The van der Waals surface area contributed by atoms with Gasteiger partial charge in [-0.2, -0.15) is 10.2 Å². The summed E-state index contributed by atoms with van der Waals surface area (Å²) < 4.78 is 1.78. The van der Waals surface area contributed by atoms with E-state index in [0.717, 1.165) is 11.1 Å². The molecule has 17 heavy (non-hydrogen) atoms. The predicted molar refractivity (Wildman–Crippen MR) is 66.4 cm³/mol. The quantitative estimate of drug-likeness (QED) is 0.661. The molecule has 0 N–H and O–H groups in total. The highest BCUT2D eigenvalue weighted by molar-refractivity contribution is 6.33. The number of aryl methyl sites for hydroxylation is 1. The van der Waals surface area contributed by atoms with Crippen molar-refractivity contribution in [3.63, 3.8) is 0 Å². The molecular weight excluding hydrogens is 236 g/mol. The summed E-state index contributed by atoms with van der Waals surface area (Å²) >= 11 is 5.93. The molecule has 3 aromatic rings. The van der Waals surface area contributed by atoms with E-state index in [0.29, 0.717) is 10.7 Å². The molecule has 0 saturated carbocycles. The van der Waals surface area contributed by atoms with Crippen molar-refractivity contribution in [2.75, 3.05) is 0 Å². The van der Waals surface area contributed by atoms with Crippen LogP contribution in [0, 0.1) is 6.92 Å². The Labute approximate surface area is 103 Å². The maximum absolute atomic E-state index is 5.93. The zero-order valence-electron chi connectivity index (χ0n) is 9.13. The van der Waals surface area contributed by atoms with Gasteiger partial charge in [-0.05, 0) is 19.1 Å². The van der Waals surface area contributed by atoms with Gasteiger partial charge in [-0.1, -0.05) is 29.3 Å². The Morgan fingerprint density at radius 1 is 1.18 bits per heavy atom.